The van der Waals surface area contributed by atoms with Crippen LogP contribution in [-0.2, 0) is 17.8 Å². The van der Waals surface area contributed by atoms with E-state index in [4.69, 9.17) is 10.00 Å². The van der Waals surface area contributed by atoms with Crippen LogP contribution in [0.4, 0.5) is 0 Å². The normalized spacial score (nSPS) is 17.1. The van der Waals surface area contributed by atoms with Crippen LogP contribution in [0.15, 0.2) is 42.7 Å². The fourth-order valence-corrected chi connectivity index (χ4v) is 3.17. The van der Waals surface area contributed by atoms with Gasteiger partial charge in [0, 0.05) is 18.9 Å². The number of nitriles is 1. The van der Waals surface area contributed by atoms with E-state index in [0.29, 0.717) is 12.2 Å². The first kappa shape index (κ1) is 17.0. The molecule has 3 rings (SSSR count). The predicted octanol–water partition coefficient (Wildman–Crippen LogP) is 2.41. The second-order valence-corrected chi connectivity index (χ2v) is 6.23. The highest BCUT2D eigenvalue weighted by Crippen LogP contribution is 2.19. The first-order valence-corrected chi connectivity index (χ1v) is 8.62. The maximum atomic E-state index is 12.6. The van der Waals surface area contributed by atoms with Gasteiger partial charge in [0.25, 0.3) is 5.91 Å². The maximum Gasteiger partial charge on any atom is 0.260 e. The van der Waals surface area contributed by atoms with E-state index in [1.54, 1.807) is 18.3 Å². The number of carbonyl (C=O) groups excluding carboxylic acids is 1. The molecule has 1 aliphatic rings. The lowest BCUT2D eigenvalue weighted by molar-refractivity contribution is -0.137. The number of hydrogen-bond donors (Lipinski definition) is 0. The number of benzene rings is 1. The van der Waals surface area contributed by atoms with Crippen molar-refractivity contribution in [3.05, 3.63) is 48.3 Å². The minimum Gasteiger partial charge on any atom is -0.484 e. The molecule has 6 nitrogen and oxygen atoms in total. The van der Waals surface area contributed by atoms with Gasteiger partial charge in [-0.05, 0) is 43.0 Å². The summed E-state index contributed by atoms with van der Waals surface area (Å²) in [6.45, 7) is 1.53. The van der Waals surface area contributed by atoms with Crippen molar-refractivity contribution in [1.29, 1.82) is 5.26 Å². The number of rotatable bonds is 6. The van der Waals surface area contributed by atoms with E-state index >= 15 is 0 Å². The zero-order valence-corrected chi connectivity index (χ0v) is 14.2. The Kier molecular flexibility index (Phi) is 5.68. The van der Waals surface area contributed by atoms with Crippen molar-refractivity contribution in [2.75, 3.05) is 13.2 Å². The van der Waals surface area contributed by atoms with Gasteiger partial charge in [-0.25, -0.2) is 0 Å². The smallest absolute Gasteiger partial charge is 0.260 e. The van der Waals surface area contributed by atoms with Crippen LogP contribution in [0.25, 0.3) is 0 Å². The van der Waals surface area contributed by atoms with Gasteiger partial charge in [-0.1, -0.05) is 12.1 Å². The monoisotopic (exact) mass is 338 g/mol. The Morgan fingerprint density at radius 1 is 1.32 bits per heavy atom. The zero-order chi connectivity index (χ0) is 17.5. The van der Waals surface area contributed by atoms with Crippen molar-refractivity contribution in [2.24, 2.45) is 0 Å². The number of piperidine rings is 1. The van der Waals surface area contributed by atoms with Gasteiger partial charge in [0.1, 0.15) is 5.75 Å². The van der Waals surface area contributed by atoms with E-state index < -0.39 is 0 Å². The molecule has 0 radical (unpaired) electrons. The van der Waals surface area contributed by atoms with E-state index in [9.17, 15) is 4.79 Å². The zero-order valence-electron chi connectivity index (χ0n) is 14.2. The first-order valence-electron chi connectivity index (χ1n) is 8.62. The van der Waals surface area contributed by atoms with Crippen molar-refractivity contribution < 1.29 is 9.53 Å². The second-order valence-electron chi connectivity index (χ2n) is 6.23. The van der Waals surface area contributed by atoms with Crippen LogP contribution in [0.5, 0.6) is 5.75 Å². The molecule has 1 amide bonds. The lowest BCUT2D eigenvalue weighted by atomic mass is 10.0. The third-order valence-corrected chi connectivity index (χ3v) is 4.47. The number of likely N-dealkylation sites (tertiary alicyclic amines) is 1. The SMILES string of the molecule is N#CCc1ccc(OCC(=O)N2CCCCC2Cn2cccn2)cc1. The summed E-state index contributed by atoms with van der Waals surface area (Å²) in [6.07, 6.45) is 7.22. The highest BCUT2D eigenvalue weighted by atomic mass is 16.5. The molecule has 2 aromatic rings. The van der Waals surface area contributed by atoms with Gasteiger partial charge < -0.3 is 9.64 Å². The fraction of sp³-hybridized carbons (Fsp3) is 0.421. The van der Waals surface area contributed by atoms with E-state index in [0.717, 1.165) is 37.9 Å². The lowest BCUT2D eigenvalue weighted by Crippen LogP contribution is -2.47. The van der Waals surface area contributed by atoms with Crippen molar-refractivity contribution >= 4 is 5.91 Å². The van der Waals surface area contributed by atoms with Gasteiger partial charge in [-0.3, -0.25) is 9.48 Å². The van der Waals surface area contributed by atoms with Gasteiger partial charge in [-0.15, -0.1) is 0 Å². The third kappa shape index (κ3) is 4.60. The topological polar surface area (TPSA) is 71.2 Å². The van der Waals surface area contributed by atoms with E-state index in [1.807, 2.05) is 34.0 Å². The van der Waals surface area contributed by atoms with Crippen LogP contribution >= 0.6 is 0 Å². The molecular formula is C19H22N4O2. The summed E-state index contributed by atoms with van der Waals surface area (Å²) in [5.74, 6) is 0.661. The number of carbonyl (C=O) groups is 1. The Bertz CT molecular complexity index is 719. The van der Waals surface area contributed by atoms with E-state index in [2.05, 4.69) is 11.2 Å². The van der Waals surface area contributed by atoms with Gasteiger partial charge >= 0.3 is 0 Å². The molecule has 2 heterocycles. The summed E-state index contributed by atoms with van der Waals surface area (Å²) in [6, 6.07) is 11.5. The van der Waals surface area contributed by atoms with Crippen molar-refractivity contribution in [3.8, 4) is 11.8 Å². The Labute approximate surface area is 147 Å². The van der Waals surface area contributed by atoms with Crippen molar-refractivity contribution in [1.82, 2.24) is 14.7 Å². The summed E-state index contributed by atoms with van der Waals surface area (Å²) in [5.41, 5.74) is 0.941. The highest BCUT2D eigenvalue weighted by Gasteiger charge is 2.27. The van der Waals surface area contributed by atoms with Gasteiger partial charge in [0.2, 0.25) is 0 Å². The van der Waals surface area contributed by atoms with Crippen LogP contribution in [0.1, 0.15) is 24.8 Å². The van der Waals surface area contributed by atoms with Crippen LogP contribution in [-0.4, -0.2) is 39.8 Å². The van der Waals surface area contributed by atoms with Crippen LogP contribution in [0, 0.1) is 11.3 Å². The Morgan fingerprint density at radius 3 is 2.88 bits per heavy atom. The predicted molar refractivity (Wildman–Crippen MR) is 92.8 cm³/mol. The standard InChI is InChI=1S/C19H22N4O2/c20-10-9-16-5-7-18(8-6-16)25-15-19(24)23-13-2-1-4-17(23)14-22-12-3-11-21-22/h3,5-8,11-12,17H,1-2,4,9,13-15H2. The number of nitrogens with zero attached hydrogens (tertiary/aromatic N) is 4. The first-order chi connectivity index (χ1) is 12.3. The molecule has 0 aliphatic carbocycles. The highest BCUT2D eigenvalue weighted by molar-refractivity contribution is 5.78. The molecule has 1 unspecified atom stereocenters. The summed E-state index contributed by atoms with van der Waals surface area (Å²) < 4.78 is 7.52. The Balaban J connectivity index is 1.56. The number of amides is 1. The third-order valence-electron chi connectivity index (χ3n) is 4.47. The minimum atomic E-state index is 0.0120. The molecule has 1 aliphatic heterocycles. The average molecular weight is 338 g/mol. The van der Waals surface area contributed by atoms with Crippen LogP contribution < -0.4 is 4.74 Å². The quantitative estimate of drug-likeness (QED) is 0.811. The molecule has 0 bridgehead atoms. The molecule has 1 aromatic carbocycles. The van der Waals surface area contributed by atoms with Crippen LogP contribution in [0.2, 0.25) is 0 Å². The Hall–Kier alpha value is -2.81. The molecule has 0 saturated carbocycles. The lowest BCUT2D eigenvalue weighted by Gasteiger charge is -2.35. The molecular weight excluding hydrogens is 316 g/mol. The maximum absolute atomic E-state index is 12.6. The summed E-state index contributed by atoms with van der Waals surface area (Å²) in [5, 5.41) is 12.9. The number of hydrogen-bond acceptors (Lipinski definition) is 4. The van der Waals surface area contributed by atoms with Crippen molar-refractivity contribution in [3.63, 3.8) is 0 Å². The number of ether oxygens (including phenoxy) is 1. The van der Waals surface area contributed by atoms with Gasteiger partial charge in [0.15, 0.2) is 6.61 Å². The van der Waals surface area contributed by atoms with E-state index in [-0.39, 0.29) is 18.6 Å². The van der Waals surface area contributed by atoms with Gasteiger partial charge in [0.05, 0.1) is 25.1 Å². The molecule has 1 saturated heterocycles. The van der Waals surface area contributed by atoms with Crippen molar-refractivity contribution in [2.45, 2.75) is 38.3 Å². The molecule has 0 N–H and O–H groups in total. The minimum absolute atomic E-state index is 0.0120. The van der Waals surface area contributed by atoms with E-state index in [1.165, 1.54) is 0 Å². The van der Waals surface area contributed by atoms with Gasteiger partial charge in [-0.2, -0.15) is 10.4 Å². The molecule has 1 atom stereocenters. The summed E-state index contributed by atoms with van der Waals surface area (Å²) >= 11 is 0. The Morgan fingerprint density at radius 2 is 2.16 bits per heavy atom. The van der Waals surface area contributed by atoms with Crippen LogP contribution in [0.3, 0.4) is 0 Å². The molecule has 0 spiro atoms. The fourth-order valence-electron chi connectivity index (χ4n) is 3.17. The molecule has 6 heteroatoms. The average Bonchev–Trinajstić information content (AvgIpc) is 3.15. The summed E-state index contributed by atoms with van der Waals surface area (Å²) in [7, 11) is 0. The summed E-state index contributed by atoms with van der Waals surface area (Å²) in [4.78, 5) is 14.5. The molecule has 130 valence electrons. The largest absolute Gasteiger partial charge is 0.484 e. The second kappa shape index (κ2) is 8.34. The molecule has 1 fully saturated rings. The molecule has 25 heavy (non-hydrogen) atoms. The number of aromatic nitrogens is 2. The molecule has 1 aromatic heterocycles.